The zero-order valence-electron chi connectivity index (χ0n) is 15.2. The van der Waals surface area contributed by atoms with Gasteiger partial charge in [-0.25, -0.2) is 4.99 Å². The van der Waals surface area contributed by atoms with E-state index in [1.54, 1.807) is 12.1 Å². The van der Waals surface area contributed by atoms with Crippen LogP contribution in [0.5, 0.6) is 0 Å². The minimum absolute atomic E-state index is 0.413. The second kappa shape index (κ2) is 10.5. The molecule has 5 nitrogen and oxygen atoms in total. The monoisotopic (exact) mass is 370 g/mol. The van der Waals surface area contributed by atoms with Gasteiger partial charge in [0.25, 0.3) is 0 Å². The first-order valence-corrected chi connectivity index (χ1v) is 9.59. The van der Waals surface area contributed by atoms with Crippen LogP contribution in [0.3, 0.4) is 0 Å². The second-order valence-electron chi connectivity index (χ2n) is 5.88. The predicted octanol–water partition coefficient (Wildman–Crippen LogP) is 3.02. The highest BCUT2D eigenvalue weighted by Gasteiger charge is 2.06. The van der Waals surface area contributed by atoms with E-state index in [2.05, 4.69) is 46.8 Å². The fraction of sp³-hybridized carbons (Fsp3) is 0.300. The van der Waals surface area contributed by atoms with Gasteiger partial charge in [-0.05, 0) is 36.8 Å². The minimum Gasteiger partial charge on any atom is -0.366 e. The van der Waals surface area contributed by atoms with E-state index in [-0.39, 0.29) is 0 Å². The quantitative estimate of drug-likeness (QED) is 0.379. The van der Waals surface area contributed by atoms with Crippen molar-refractivity contribution in [1.29, 1.82) is 0 Å². The number of hydrogen-bond acceptors (Lipinski definition) is 3. The summed E-state index contributed by atoms with van der Waals surface area (Å²) in [4.78, 5) is 17.0. The van der Waals surface area contributed by atoms with Crippen molar-refractivity contribution in [3.63, 3.8) is 0 Å². The number of carbonyl (C=O) groups excluding carboxylic acids is 1. The standard InChI is InChI=1S/C20H26N4OS/c1-3-22-20(23-13-15(2)26-18-7-5-4-6-8-18)24-14-16-9-11-17(12-10-16)19(21)25/h4-12,15H,3,13-14H2,1-2H3,(H2,21,25)(H2,22,23,24). The smallest absolute Gasteiger partial charge is 0.248 e. The lowest BCUT2D eigenvalue weighted by molar-refractivity contribution is 0.100. The Bertz CT molecular complexity index is 716. The van der Waals surface area contributed by atoms with Gasteiger partial charge in [0.1, 0.15) is 0 Å². The van der Waals surface area contributed by atoms with Gasteiger partial charge in [-0.15, -0.1) is 11.8 Å². The van der Waals surface area contributed by atoms with Crippen molar-refractivity contribution < 1.29 is 4.79 Å². The summed E-state index contributed by atoms with van der Waals surface area (Å²) in [6.07, 6.45) is 0. The van der Waals surface area contributed by atoms with Crippen LogP contribution >= 0.6 is 11.8 Å². The first kappa shape index (κ1) is 19.8. The van der Waals surface area contributed by atoms with Gasteiger partial charge in [0.05, 0.1) is 6.54 Å². The van der Waals surface area contributed by atoms with Gasteiger partial charge in [-0.3, -0.25) is 4.79 Å². The van der Waals surface area contributed by atoms with Crippen molar-refractivity contribution in [2.45, 2.75) is 30.5 Å². The summed E-state index contributed by atoms with van der Waals surface area (Å²) < 4.78 is 0. The van der Waals surface area contributed by atoms with Crippen LogP contribution in [-0.4, -0.2) is 30.2 Å². The van der Waals surface area contributed by atoms with E-state index < -0.39 is 5.91 Å². The lowest BCUT2D eigenvalue weighted by Gasteiger charge is -2.15. The normalized spacial score (nSPS) is 12.5. The van der Waals surface area contributed by atoms with E-state index in [4.69, 9.17) is 5.73 Å². The number of nitrogens with two attached hydrogens (primary N) is 1. The number of nitrogens with zero attached hydrogens (tertiary/aromatic N) is 1. The van der Waals surface area contributed by atoms with Gasteiger partial charge in [0, 0.05) is 28.8 Å². The Morgan fingerprint density at radius 1 is 1.12 bits per heavy atom. The molecule has 0 heterocycles. The van der Waals surface area contributed by atoms with Crippen LogP contribution in [-0.2, 0) is 6.54 Å². The van der Waals surface area contributed by atoms with Crippen molar-refractivity contribution in [3.05, 3.63) is 65.7 Å². The highest BCUT2D eigenvalue weighted by molar-refractivity contribution is 8.00. The maximum absolute atomic E-state index is 11.1. The van der Waals surface area contributed by atoms with E-state index in [1.807, 2.05) is 36.9 Å². The summed E-state index contributed by atoms with van der Waals surface area (Å²) in [5.74, 6) is 0.368. The first-order chi connectivity index (χ1) is 12.6. The molecule has 0 spiro atoms. The van der Waals surface area contributed by atoms with Crippen LogP contribution in [0.1, 0.15) is 29.8 Å². The number of benzene rings is 2. The van der Waals surface area contributed by atoms with Gasteiger partial charge in [0.2, 0.25) is 5.91 Å². The fourth-order valence-electron chi connectivity index (χ4n) is 2.30. The summed E-state index contributed by atoms with van der Waals surface area (Å²) in [6, 6.07) is 17.6. The minimum atomic E-state index is -0.417. The summed E-state index contributed by atoms with van der Waals surface area (Å²) in [5, 5.41) is 7.05. The van der Waals surface area contributed by atoms with E-state index in [0.29, 0.717) is 17.4 Å². The molecule has 138 valence electrons. The molecule has 2 rings (SSSR count). The molecule has 2 aromatic rings. The Labute approximate surface area is 159 Å². The molecule has 0 aliphatic carbocycles. The third kappa shape index (κ3) is 6.80. The maximum atomic E-state index is 11.1. The lowest BCUT2D eigenvalue weighted by atomic mass is 10.1. The van der Waals surface area contributed by atoms with Crippen molar-refractivity contribution >= 4 is 23.6 Å². The number of amides is 1. The van der Waals surface area contributed by atoms with Crippen molar-refractivity contribution in [2.75, 3.05) is 13.1 Å². The molecule has 0 aliphatic rings. The Morgan fingerprint density at radius 2 is 1.81 bits per heavy atom. The van der Waals surface area contributed by atoms with Gasteiger partial charge in [-0.1, -0.05) is 37.3 Å². The lowest BCUT2D eigenvalue weighted by Crippen LogP contribution is -2.40. The molecule has 0 aliphatic heterocycles. The van der Waals surface area contributed by atoms with Crippen LogP contribution in [0.25, 0.3) is 0 Å². The van der Waals surface area contributed by atoms with Crippen LogP contribution in [0, 0.1) is 0 Å². The first-order valence-electron chi connectivity index (χ1n) is 8.71. The van der Waals surface area contributed by atoms with Gasteiger partial charge >= 0.3 is 0 Å². The Balaban J connectivity index is 1.88. The molecule has 6 heteroatoms. The molecular weight excluding hydrogens is 344 g/mol. The highest BCUT2D eigenvalue weighted by Crippen LogP contribution is 2.21. The number of aliphatic imine (C=N–C) groups is 1. The molecular formula is C20H26N4OS. The molecule has 0 aromatic heterocycles. The van der Waals surface area contributed by atoms with Crippen molar-refractivity contribution in [1.82, 2.24) is 10.6 Å². The Morgan fingerprint density at radius 3 is 2.42 bits per heavy atom. The van der Waals surface area contributed by atoms with E-state index in [0.717, 1.165) is 24.6 Å². The van der Waals surface area contributed by atoms with Crippen molar-refractivity contribution in [3.8, 4) is 0 Å². The largest absolute Gasteiger partial charge is 0.366 e. The summed E-state index contributed by atoms with van der Waals surface area (Å²) >= 11 is 1.83. The van der Waals surface area contributed by atoms with Crippen LogP contribution < -0.4 is 16.4 Å². The third-order valence-electron chi connectivity index (χ3n) is 3.64. The third-order valence-corrected chi connectivity index (χ3v) is 4.75. The maximum Gasteiger partial charge on any atom is 0.248 e. The molecule has 1 amide bonds. The molecule has 26 heavy (non-hydrogen) atoms. The molecule has 1 unspecified atom stereocenters. The van der Waals surface area contributed by atoms with E-state index in [9.17, 15) is 4.79 Å². The average molecular weight is 371 g/mol. The number of primary amides is 1. The van der Waals surface area contributed by atoms with E-state index in [1.165, 1.54) is 4.90 Å². The number of guanidine groups is 1. The Kier molecular flexibility index (Phi) is 8.02. The molecule has 0 radical (unpaired) electrons. The van der Waals surface area contributed by atoms with Gasteiger partial charge < -0.3 is 16.4 Å². The number of hydrogen-bond donors (Lipinski definition) is 3. The van der Waals surface area contributed by atoms with Crippen LogP contribution in [0.15, 0.2) is 64.5 Å². The summed E-state index contributed by atoms with van der Waals surface area (Å²) in [7, 11) is 0. The second-order valence-corrected chi connectivity index (χ2v) is 7.39. The zero-order valence-corrected chi connectivity index (χ0v) is 16.1. The molecule has 2 aromatic carbocycles. The average Bonchev–Trinajstić information content (AvgIpc) is 2.65. The van der Waals surface area contributed by atoms with Gasteiger partial charge in [0.15, 0.2) is 5.96 Å². The number of rotatable bonds is 8. The van der Waals surface area contributed by atoms with Crippen LogP contribution in [0.2, 0.25) is 0 Å². The number of carbonyl (C=O) groups is 1. The zero-order chi connectivity index (χ0) is 18.8. The van der Waals surface area contributed by atoms with Crippen molar-refractivity contribution in [2.24, 2.45) is 10.7 Å². The predicted molar refractivity (Wildman–Crippen MR) is 110 cm³/mol. The van der Waals surface area contributed by atoms with Crippen LogP contribution in [0.4, 0.5) is 0 Å². The molecule has 4 N–H and O–H groups in total. The fourth-order valence-corrected chi connectivity index (χ4v) is 3.25. The molecule has 0 saturated heterocycles. The SMILES string of the molecule is CCNC(=NCc1ccc(C(N)=O)cc1)NCC(C)Sc1ccccc1. The van der Waals surface area contributed by atoms with Gasteiger partial charge in [-0.2, -0.15) is 0 Å². The Hall–Kier alpha value is -2.47. The molecule has 0 bridgehead atoms. The molecule has 0 saturated carbocycles. The topological polar surface area (TPSA) is 79.5 Å². The summed E-state index contributed by atoms with van der Waals surface area (Å²) in [5.41, 5.74) is 6.80. The number of nitrogens with one attached hydrogen (secondary N) is 2. The summed E-state index contributed by atoms with van der Waals surface area (Å²) in [6.45, 7) is 6.38. The van der Waals surface area contributed by atoms with E-state index >= 15 is 0 Å². The molecule has 1 atom stereocenters. The number of thioether (sulfide) groups is 1. The molecule has 0 fully saturated rings. The highest BCUT2D eigenvalue weighted by atomic mass is 32.2.